The smallest absolute Gasteiger partial charge is 0.190 e. The minimum atomic E-state index is 0.0497. The Kier molecular flexibility index (Phi) is 4.70. The van der Waals surface area contributed by atoms with Crippen molar-refractivity contribution in [3.05, 3.63) is 60.2 Å². The van der Waals surface area contributed by atoms with Gasteiger partial charge < -0.3 is 0 Å². The van der Waals surface area contributed by atoms with Gasteiger partial charge in [-0.15, -0.1) is 0 Å². The minimum absolute atomic E-state index is 0.0497. The van der Waals surface area contributed by atoms with E-state index in [0.717, 1.165) is 29.4 Å². The molecule has 2 nitrogen and oxygen atoms in total. The third kappa shape index (κ3) is 2.97. The largest absolute Gasteiger partial charge is 0.300 e. The van der Waals surface area contributed by atoms with E-state index in [0.29, 0.717) is 12.1 Å². The van der Waals surface area contributed by atoms with Gasteiger partial charge in [0.05, 0.1) is 0 Å². The van der Waals surface area contributed by atoms with E-state index in [1.807, 2.05) is 42.5 Å². The number of fused-ring (bicyclic) bond motifs is 1. The fourth-order valence-corrected chi connectivity index (χ4v) is 2.40. The molecule has 2 aromatic carbocycles. The first-order valence-electron chi connectivity index (χ1n) is 7.10. The molecule has 0 aliphatic carbocycles. The first kappa shape index (κ1) is 14.5. The molecule has 0 saturated heterocycles. The Morgan fingerprint density at radius 1 is 1.05 bits per heavy atom. The lowest BCUT2D eigenvalue weighted by atomic mass is 9.97. The Balaban J connectivity index is 2.29. The number of nitrogens with zero attached hydrogens (tertiary/aromatic N) is 1. The highest BCUT2D eigenvalue weighted by Gasteiger charge is 2.14. The number of hydrogen-bond donors (Lipinski definition) is 0. The monoisotopic (exact) mass is 267 g/mol. The van der Waals surface area contributed by atoms with Crippen LogP contribution in [0.1, 0.15) is 24.2 Å². The number of carbonyl (C=O) groups is 1. The zero-order valence-corrected chi connectivity index (χ0v) is 12.2. The standard InChI is InChI=1S/C18H21NO/c1-4-19(5-2)13-14(3)18(20)17-12-8-10-15-9-6-7-11-16(15)17/h6-12H,3-5,13H2,1-2H3. The van der Waals surface area contributed by atoms with Crippen LogP contribution in [0.25, 0.3) is 10.8 Å². The molecular weight excluding hydrogens is 246 g/mol. The third-order valence-corrected chi connectivity index (χ3v) is 3.66. The molecule has 0 fully saturated rings. The zero-order valence-electron chi connectivity index (χ0n) is 12.2. The van der Waals surface area contributed by atoms with Gasteiger partial charge in [-0.1, -0.05) is 62.9 Å². The Bertz CT molecular complexity index is 621. The van der Waals surface area contributed by atoms with E-state index in [1.165, 1.54) is 0 Å². The molecule has 2 heteroatoms. The molecule has 0 heterocycles. The molecule has 0 N–H and O–H groups in total. The second-order valence-electron chi connectivity index (χ2n) is 4.92. The number of carbonyl (C=O) groups excluding carboxylic acids is 1. The Morgan fingerprint density at radius 3 is 2.40 bits per heavy atom. The van der Waals surface area contributed by atoms with E-state index in [4.69, 9.17) is 0 Å². The van der Waals surface area contributed by atoms with Gasteiger partial charge in [0.25, 0.3) is 0 Å². The van der Waals surface area contributed by atoms with Crippen LogP contribution in [0.2, 0.25) is 0 Å². The van der Waals surface area contributed by atoms with Crippen molar-refractivity contribution >= 4 is 16.6 Å². The molecule has 0 amide bonds. The molecule has 0 aromatic heterocycles. The summed E-state index contributed by atoms with van der Waals surface area (Å²) in [5.41, 5.74) is 1.41. The maximum atomic E-state index is 12.6. The summed E-state index contributed by atoms with van der Waals surface area (Å²) in [7, 11) is 0. The highest BCUT2D eigenvalue weighted by molar-refractivity contribution is 6.16. The molecule has 0 radical (unpaired) electrons. The predicted molar refractivity (Wildman–Crippen MR) is 85.2 cm³/mol. The molecular formula is C18H21NO. The molecule has 0 aliphatic heterocycles. The zero-order chi connectivity index (χ0) is 14.5. The van der Waals surface area contributed by atoms with Crippen LogP contribution in [0, 0.1) is 0 Å². The van der Waals surface area contributed by atoms with Crippen LogP contribution in [-0.4, -0.2) is 30.3 Å². The van der Waals surface area contributed by atoms with Crippen LogP contribution in [0.4, 0.5) is 0 Å². The summed E-state index contributed by atoms with van der Waals surface area (Å²) in [6.07, 6.45) is 0. The van der Waals surface area contributed by atoms with Gasteiger partial charge in [-0.05, 0) is 23.9 Å². The van der Waals surface area contributed by atoms with Crippen molar-refractivity contribution in [3.63, 3.8) is 0 Å². The van der Waals surface area contributed by atoms with E-state index >= 15 is 0 Å². The van der Waals surface area contributed by atoms with E-state index in [1.54, 1.807) is 0 Å². The van der Waals surface area contributed by atoms with Gasteiger partial charge >= 0.3 is 0 Å². The second kappa shape index (κ2) is 6.49. The molecule has 2 rings (SSSR count). The van der Waals surface area contributed by atoms with Crippen molar-refractivity contribution in [2.45, 2.75) is 13.8 Å². The maximum absolute atomic E-state index is 12.6. The van der Waals surface area contributed by atoms with Crippen LogP contribution in [0.3, 0.4) is 0 Å². The number of Topliss-reactive ketones (excluding diaryl/α,β-unsaturated/α-hetero) is 1. The topological polar surface area (TPSA) is 20.3 Å². The van der Waals surface area contributed by atoms with Crippen molar-refractivity contribution in [2.24, 2.45) is 0 Å². The van der Waals surface area contributed by atoms with Gasteiger partial charge in [0.2, 0.25) is 0 Å². The summed E-state index contributed by atoms with van der Waals surface area (Å²) < 4.78 is 0. The first-order valence-corrected chi connectivity index (χ1v) is 7.10. The first-order chi connectivity index (χ1) is 9.67. The highest BCUT2D eigenvalue weighted by Crippen LogP contribution is 2.21. The fraction of sp³-hybridized carbons (Fsp3) is 0.278. The highest BCUT2D eigenvalue weighted by atomic mass is 16.1. The van der Waals surface area contributed by atoms with E-state index < -0.39 is 0 Å². The number of ketones is 1. The van der Waals surface area contributed by atoms with Gasteiger partial charge in [-0.2, -0.15) is 0 Å². The summed E-state index contributed by atoms with van der Waals surface area (Å²) >= 11 is 0. The molecule has 0 bridgehead atoms. The number of rotatable bonds is 6. The summed E-state index contributed by atoms with van der Waals surface area (Å²) in [6, 6.07) is 13.8. The molecule has 0 atom stereocenters. The maximum Gasteiger partial charge on any atom is 0.190 e. The van der Waals surface area contributed by atoms with Gasteiger partial charge in [0.15, 0.2) is 5.78 Å². The minimum Gasteiger partial charge on any atom is -0.300 e. The number of likely N-dealkylation sites (N-methyl/N-ethyl adjacent to an activating group) is 1. The normalized spacial score (nSPS) is 10.9. The van der Waals surface area contributed by atoms with Crippen molar-refractivity contribution in [1.29, 1.82) is 0 Å². The van der Waals surface area contributed by atoms with Gasteiger partial charge in [0, 0.05) is 17.7 Å². The lowest BCUT2D eigenvalue weighted by Gasteiger charge is -2.19. The van der Waals surface area contributed by atoms with Crippen LogP contribution in [0.5, 0.6) is 0 Å². The van der Waals surface area contributed by atoms with Gasteiger partial charge in [0.1, 0.15) is 0 Å². The average molecular weight is 267 g/mol. The lowest BCUT2D eigenvalue weighted by molar-refractivity contribution is 0.102. The Labute approximate surface area is 120 Å². The van der Waals surface area contributed by atoms with Crippen molar-refractivity contribution in [2.75, 3.05) is 19.6 Å². The van der Waals surface area contributed by atoms with Crippen molar-refractivity contribution < 1.29 is 4.79 Å². The van der Waals surface area contributed by atoms with Crippen molar-refractivity contribution in [1.82, 2.24) is 4.90 Å². The lowest BCUT2D eigenvalue weighted by Crippen LogP contribution is -2.27. The Morgan fingerprint density at radius 2 is 1.70 bits per heavy atom. The van der Waals surface area contributed by atoms with E-state index in [-0.39, 0.29) is 5.78 Å². The van der Waals surface area contributed by atoms with E-state index in [9.17, 15) is 4.79 Å². The van der Waals surface area contributed by atoms with Crippen LogP contribution < -0.4 is 0 Å². The van der Waals surface area contributed by atoms with Gasteiger partial charge in [-0.25, -0.2) is 0 Å². The Hall–Kier alpha value is -1.93. The van der Waals surface area contributed by atoms with Crippen LogP contribution in [-0.2, 0) is 0 Å². The average Bonchev–Trinajstić information content (AvgIpc) is 2.51. The second-order valence-corrected chi connectivity index (χ2v) is 4.92. The quantitative estimate of drug-likeness (QED) is 0.584. The molecule has 0 saturated carbocycles. The number of hydrogen-bond acceptors (Lipinski definition) is 2. The van der Waals surface area contributed by atoms with Crippen molar-refractivity contribution in [3.8, 4) is 0 Å². The third-order valence-electron chi connectivity index (χ3n) is 3.66. The van der Waals surface area contributed by atoms with Gasteiger partial charge in [-0.3, -0.25) is 9.69 Å². The van der Waals surface area contributed by atoms with Crippen LogP contribution >= 0.6 is 0 Å². The predicted octanol–water partition coefficient (Wildman–Crippen LogP) is 3.92. The summed E-state index contributed by atoms with van der Waals surface area (Å²) in [5, 5.41) is 2.09. The summed E-state index contributed by atoms with van der Waals surface area (Å²) in [6.45, 7) is 10.7. The molecule has 20 heavy (non-hydrogen) atoms. The van der Waals surface area contributed by atoms with E-state index in [2.05, 4.69) is 25.3 Å². The summed E-state index contributed by atoms with van der Waals surface area (Å²) in [4.78, 5) is 14.8. The molecule has 0 aliphatic rings. The summed E-state index contributed by atoms with van der Waals surface area (Å²) in [5.74, 6) is 0.0497. The number of benzene rings is 2. The molecule has 0 spiro atoms. The van der Waals surface area contributed by atoms with Crippen LogP contribution in [0.15, 0.2) is 54.6 Å². The molecule has 104 valence electrons. The molecule has 0 unspecified atom stereocenters. The SMILES string of the molecule is C=C(CN(CC)CC)C(=O)c1cccc2ccccc12. The fourth-order valence-electron chi connectivity index (χ4n) is 2.40. The molecule has 2 aromatic rings.